The van der Waals surface area contributed by atoms with Crippen molar-refractivity contribution in [1.82, 2.24) is 14.8 Å². The number of nitrogens with zero attached hydrogens (tertiary/aromatic N) is 3. The topological polar surface area (TPSA) is 77.2 Å². The molecular weight excluding hydrogens is 306 g/mol. The van der Waals surface area contributed by atoms with E-state index in [9.17, 15) is 9.90 Å². The zero-order chi connectivity index (χ0) is 16.9. The highest BCUT2D eigenvalue weighted by molar-refractivity contribution is 5.79. The van der Waals surface area contributed by atoms with E-state index in [4.69, 9.17) is 4.74 Å². The lowest BCUT2D eigenvalue weighted by Gasteiger charge is -2.21. The van der Waals surface area contributed by atoms with Crippen molar-refractivity contribution in [3.8, 4) is 11.6 Å². The summed E-state index contributed by atoms with van der Waals surface area (Å²) in [6, 6.07) is 3.35. The molecule has 1 aliphatic carbocycles. The number of aromatic hydroxyl groups is 1. The van der Waals surface area contributed by atoms with Gasteiger partial charge < -0.3 is 9.84 Å². The molecule has 0 atom stereocenters. The Morgan fingerprint density at radius 2 is 2.21 bits per heavy atom. The summed E-state index contributed by atoms with van der Waals surface area (Å²) in [5, 5.41) is 13.7. The van der Waals surface area contributed by atoms with Crippen molar-refractivity contribution in [3.63, 3.8) is 0 Å². The summed E-state index contributed by atoms with van der Waals surface area (Å²) >= 11 is 0. The number of aromatic nitrogens is 3. The average Bonchev–Trinajstić information content (AvgIpc) is 3.09. The summed E-state index contributed by atoms with van der Waals surface area (Å²) in [5.74, 6) is 0.207. The minimum Gasteiger partial charge on any atom is -0.493 e. The summed E-state index contributed by atoms with van der Waals surface area (Å²) in [4.78, 5) is 14.9. The first-order chi connectivity index (χ1) is 11.7. The van der Waals surface area contributed by atoms with Crippen molar-refractivity contribution < 1.29 is 14.6 Å². The Kier molecular flexibility index (Phi) is 4.93. The molecule has 3 rings (SSSR count). The summed E-state index contributed by atoms with van der Waals surface area (Å²) in [5.41, 5.74) is 3.98. The lowest BCUT2D eigenvalue weighted by atomic mass is 9.90. The molecule has 0 aliphatic heterocycles. The van der Waals surface area contributed by atoms with Crippen molar-refractivity contribution in [3.05, 3.63) is 41.4 Å². The highest BCUT2D eigenvalue weighted by atomic mass is 16.5. The van der Waals surface area contributed by atoms with Crippen molar-refractivity contribution in [2.24, 2.45) is 0 Å². The summed E-state index contributed by atoms with van der Waals surface area (Å²) < 4.78 is 7.83. The number of allylic oxidation sites excluding steroid dienone is 1. The van der Waals surface area contributed by atoms with Crippen molar-refractivity contribution in [2.45, 2.75) is 39.2 Å². The number of aryl methyl sites for hydroxylation is 1. The zero-order valence-corrected chi connectivity index (χ0v) is 13.7. The molecule has 6 nitrogen and oxygen atoms in total. The fraction of sp³-hybridized carbons (Fsp3) is 0.389. The molecule has 0 aromatic carbocycles. The van der Waals surface area contributed by atoms with Crippen LogP contribution in [0.5, 0.6) is 11.6 Å². The van der Waals surface area contributed by atoms with E-state index in [2.05, 4.69) is 17.0 Å². The number of hydrogen-bond donors (Lipinski definition) is 1. The van der Waals surface area contributed by atoms with Crippen molar-refractivity contribution in [1.29, 1.82) is 0 Å². The fourth-order valence-electron chi connectivity index (χ4n) is 3.10. The number of hydrogen-bond acceptors (Lipinski definition) is 5. The Bertz CT molecular complexity index is 765. The van der Waals surface area contributed by atoms with Crippen LogP contribution in [0.25, 0.3) is 5.57 Å². The largest absolute Gasteiger partial charge is 0.493 e. The lowest BCUT2D eigenvalue weighted by molar-refractivity contribution is 0.111. The Labute approximate surface area is 140 Å². The maximum atomic E-state index is 11.1. The maximum Gasteiger partial charge on any atom is 0.211 e. The molecule has 1 aliphatic rings. The van der Waals surface area contributed by atoms with Gasteiger partial charge in [0.25, 0.3) is 0 Å². The van der Waals surface area contributed by atoms with Gasteiger partial charge in [-0.15, -0.1) is 0 Å². The van der Waals surface area contributed by atoms with Crippen LogP contribution >= 0.6 is 0 Å². The SMILES string of the molecule is CCn1nccc1C1=C(COc2cnc(O)cc2C=O)CCCC1. The van der Waals surface area contributed by atoms with Crippen LogP contribution in [-0.4, -0.2) is 32.8 Å². The summed E-state index contributed by atoms with van der Waals surface area (Å²) in [6.07, 6.45) is 8.17. The van der Waals surface area contributed by atoms with Crippen LogP contribution in [0.3, 0.4) is 0 Å². The monoisotopic (exact) mass is 327 g/mol. The quantitative estimate of drug-likeness (QED) is 0.824. The van der Waals surface area contributed by atoms with Gasteiger partial charge >= 0.3 is 0 Å². The third-order valence-electron chi connectivity index (χ3n) is 4.32. The third-order valence-corrected chi connectivity index (χ3v) is 4.32. The van der Waals surface area contributed by atoms with E-state index in [1.165, 1.54) is 23.4 Å². The number of carbonyl (C=O) groups excluding carboxylic acids is 1. The number of rotatable bonds is 6. The molecule has 126 valence electrons. The first kappa shape index (κ1) is 16.2. The molecule has 0 unspecified atom stereocenters. The van der Waals surface area contributed by atoms with E-state index in [1.54, 1.807) is 0 Å². The molecule has 0 bridgehead atoms. The van der Waals surface area contributed by atoms with Gasteiger partial charge in [0.05, 0.1) is 17.5 Å². The maximum absolute atomic E-state index is 11.1. The number of aldehydes is 1. The van der Waals surface area contributed by atoms with Gasteiger partial charge in [0.2, 0.25) is 5.88 Å². The van der Waals surface area contributed by atoms with Gasteiger partial charge in [0.15, 0.2) is 6.29 Å². The lowest BCUT2D eigenvalue weighted by Crippen LogP contribution is -2.12. The van der Waals surface area contributed by atoms with Gasteiger partial charge in [0, 0.05) is 18.8 Å². The Morgan fingerprint density at radius 3 is 3.00 bits per heavy atom. The van der Waals surface area contributed by atoms with Crippen LogP contribution in [0, 0.1) is 0 Å². The van der Waals surface area contributed by atoms with Gasteiger partial charge in [0.1, 0.15) is 12.4 Å². The van der Waals surface area contributed by atoms with Gasteiger partial charge in [-0.3, -0.25) is 9.48 Å². The van der Waals surface area contributed by atoms with E-state index in [0.29, 0.717) is 24.2 Å². The van der Waals surface area contributed by atoms with Crippen molar-refractivity contribution >= 4 is 11.9 Å². The van der Waals surface area contributed by atoms with Crippen LogP contribution in [0.4, 0.5) is 0 Å². The first-order valence-electron chi connectivity index (χ1n) is 8.23. The first-order valence-corrected chi connectivity index (χ1v) is 8.23. The van der Waals surface area contributed by atoms with E-state index in [1.807, 2.05) is 16.9 Å². The van der Waals surface area contributed by atoms with Gasteiger partial charge in [-0.1, -0.05) is 0 Å². The second-order valence-electron chi connectivity index (χ2n) is 5.81. The predicted molar refractivity (Wildman–Crippen MR) is 90.1 cm³/mol. The standard InChI is InChI=1S/C18H21N3O3/c1-2-21-16(7-8-20-21)15-6-4-3-5-13(15)12-24-17-10-19-18(23)9-14(17)11-22/h7-11H,2-6,12H2,1H3,(H,19,23). The molecule has 0 fully saturated rings. The minimum absolute atomic E-state index is 0.186. The second-order valence-corrected chi connectivity index (χ2v) is 5.81. The third kappa shape index (κ3) is 3.32. The van der Waals surface area contributed by atoms with Crippen LogP contribution < -0.4 is 4.74 Å². The molecule has 24 heavy (non-hydrogen) atoms. The molecule has 0 saturated carbocycles. The molecule has 0 spiro atoms. The molecule has 2 aromatic heterocycles. The summed E-state index contributed by atoms with van der Waals surface area (Å²) in [7, 11) is 0. The van der Waals surface area contributed by atoms with Gasteiger partial charge in [-0.2, -0.15) is 5.10 Å². The van der Waals surface area contributed by atoms with Crippen molar-refractivity contribution in [2.75, 3.05) is 6.61 Å². The minimum atomic E-state index is -0.186. The predicted octanol–water partition coefficient (Wildman–Crippen LogP) is 3.22. The van der Waals surface area contributed by atoms with Gasteiger partial charge in [-0.05, 0) is 49.8 Å². The van der Waals surface area contributed by atoms with Crippen LogP contribution in [0.1, 0.15) is 48.7 Å². The molecule has 6 heteroatoms. The fourth-order valence-corrected chi connectivity index (χ4v) is 3.10. The molecule has 2 aromatic rings. The Hall–Kier alpha value is -2.63. The molecule has 0 radical (unpaired) electrons. The van der Waals surface area contributed by atoms with Crippen LogP contribution in [0.15, 0.2) is 30.1 Å². The average molecular weight is 327 g/mol. The normalized spacial score (nSPS) is 14.7. The Balaban J connectivity index is 1.85. The van der Waals surface area contributed by atoms with E-state index in [-0.39, 0.29) is 5.88 Å². The van der Waals surface area contributed by atoms with Crippen LogP contribution in [-0.2, 0) is 6.54 Å². The Morgan fingerprint density at radius 1 is 1.38 bits per heavy atom. The smallest absolute Gasteiger partial charge is 0.211 e. The molecular formula is C18H21N3O3. The van der Waals surface area contributed by atoms with E-state index >= 15 is 0 Å². The summed E-state index contributed by atoms with van der Waals surface area (Å²) in [6.45, 7) is 3.32. The van der Waals surface area contributed by atoms with Gasteiger partial charge in [-0.25, -0.2) is 4.98 Å². The number of carbonyl (C=O) groups is 1. The number of ether oxygens (including phenoxy) is 1. The van der Waals surface area contributed by atoms with Crippen LogP contribution in [0.2, 0.25) is 0 Å². The zero-order valence-electron chi connectivity index (χ0n) is 13.7. The molecule has 2 heterocycles. The van der Waals surface area contributed by atoms with E-state index < -0.39 is 0 Å². The second kappa shape index (κ2) is 7.29. The molecule has 1 N–H and O–H groups in total. The van der Waals surface area contributed by atoms with E-state index in [0.717, 1.165) is 37.9 Å². The number of pyridine rings is 1. The highest BCUT2D eigenvalue weighted by Gasteiger charge is 2.18. The molecule has 0 amide bonds. The molecule has 0 saturated heterocycles. The highest BCUT2D eigenvalue weighted by Crippen LogP contribution is 2.33.